The van der Waals surface area contributed by atoms with E-state index in [-0.39, 0.29) is 10.7 Å². The van der Waals surface area contributed by atoms with Gasteiger partial charge in [0.05, 0.1) is 11.2 Å². The van der Waals surface area contributed by atoms with Gasteiger partial charge in [-0.3, -0.25) is 4.72 Å². The Bertz CT molecular complexity index is 1210. The molecule has 28 heavy (non-hydrogen) atoms. The van der Waals surface area contributed by atoms with Crippen LogP contribution in [0.5, 0.6) is 0 Å². The average Bonchev–Trinajstić information content (AvgIpc) is 3.11. The summed E-state index contributed by atoms with van der Waals surface area (Å²) in [5.41, 5.74) is 2.16. The molecule has 0 saturated heterocycles. The number of halogens is 1. The second kappa shape index (κ2) is 7.57. The van der Waals surface area contributed by atoms with Gasteiger partial charge < -0.3 is 4.57 Å². The van der Waals surface area contributed by atoms with E-state index in [1.54, 1.807) is 6.33 Å². The molecule has 0 spiro atoms. The van der Waals surface area contributed by atoms with E-state index >= 15 is 0 Å². The van der Waals surface area contributed by atoms with Crippen molar-refractivity contribution in [2.45, 2.75) is 17.9 Å². The highest BCUT2D eigenvalue weighted by Gasteiger charge is 2.18. The fraction of sp³-hybridized carbons (Fsp3) is 0.105. The number of aromatic nitrogens is 4. The number of fused-ring (bicyclic) bond motifs is 1. The molecule has 0 atom stereocenters. The van der Waals surface area contributed by atoms with Crippen molar-refractivity contribution < 1.29 is 8.42 Å². The molecule has 0 saturated carbocycles. The highest BCUT2D eigenvalue weighted by molar-refractivity contribution is 7.92. The molecule has 0 bridgehead atoms. The van der Waals surface area contributed by atoms with Gasteiger partial charge in [0.1, 0.15) is 6.33 Å². The van der Waals surface area contributed by atoms with E-state index < -0.39 is 10.0 Å². The van der Waals surface area contributed by atoms with Gasteiger partial charge in [-0.1, -0.05) is 41.9 Å². The summed E-state index contributed by atoms with van der Waals surface area (Å²) in [6.07, 6.45) is 3.77. The topological polar surface area (TPSA) is 89.8 Å². The number of nitrogens with one attached hydrogen (secondary N) is 1. The van der Waals surface area contributed by atoms with Crippen LogP contribution in [0.2, 0.25) is 5.02 Å². The number of hydrogen-bond acceptors (Lipinski definition) is 5. The Kier molecular flexibility index (Phi) is 4.97. The van der Waals surface area contributed by atoms with Crippen molar-refractivity contribution in [2.24, 2.45) is 0 Å². The lowest BCUT2D eigenvalue weighted by molar-refractivity contribution is 0.601. The summed E-state index contributed by atoms with van der Waals surface area (Å²) < 4.78 is 29.6. The Morgan fingerprint density at radius 2 is 1.71 bits per heavy atom. The van der Waals surface area contributed by atoms with Gasteiger partial charge in [-0.2, -0.15) is 0 Å². The van der Waals surface area contributed by atoms with Gasteiger partial charge >= 0.3 is 0 Å². The Morgan fingerprint density at radius 3 is 2.46 bits per heavy atom. The molecular formula is C19H16ClN5O2S. The largest absolute Gasteiger partial charge is 0.315 e. The molecule has 2 aromatic heterocycles. The minimum Gasteiger partial charge on any atom is -0.315 e. The zero-order valence-corrected chi connectivity index (χ0v) is 16.2. The van der Waals surface area contributed by atoms with Crippen molar-refractivity contribution in [2.75, 3.05) is 4.72 Å². The van der Waals surface area contributed by atoms with Crippen molar-refractivity contribution in [3.63, 3.8) is 0 Å². The third-order valence-electron chi connectivity index (χ3n) is 4.24. The predicted molar refractivity (Wildman–Crippen MR) is 108 cm³/mol. The maximum atomic E-state index is 12.6. The van der Waals surface area contributed by atoms with Crippen LogP contribution in [-0.4, -0.2) is 27.9 Å². The van der Waals surface area contributed by atoms with Crippen molar-refractivity contribution in [3.8, 4) is 0 Å². The van der Waals surface area contributed by atoms with Gasteiger partial charge in [-0.25, -0.2) is 23.4 Å². The Labute approximate surface area is 167 Å². The molecule has 0 fully saturated rings. The van der Waals surface area contributed by atoms with E-state index in [0.29, 0.717) is 22.7 Å². The first-order valence-corrected chi connectivity index (χ1v) is 10.4. The molecule has 7 nitrogen and oxygen atoms in total. The molecule has 2 heterocycles. The maximum Gasteiger partial charge on any atom is 0.263 e. The first-order chi connectivity index (χ1) is 13.5. The lowest BCUT2D eigenvalue weighted by atomic mass is 10.1. The summed E-state index contributed by atoms with van der Waals surface area (Å²) >= 11 is 5.83. The number of nitrogens with zero attached hydrogens (tertiary/aromatic N) is 4. The average molecular weight is 414 g/mol. The van der Waals surface area contributed by atoms with Crippen LogP contribution >= 0.6 is 11.6 Å². The lowest BCUT2D eigenvalue weighted by Gasteiger charge is -2.08. The number of benzene rings is 2. The summed E-state index contributed by atoms with van der Waals surface area (Å²) in [5, 5.41) is 0.459. The van der Waals surface area contributed by atoms with Gasteiger partial charge in [-0.05, 0) is 36.2 Å². The number of hydrogen-bond donors (Lipinski definition) is 1. The van der Waals surface area contributed by atoms with Crippen molar-refractivity contribution >= 4 is 38.6 Å². The normalized spacial score (nSPS) is 11.6. The van der Waals surface area contributed by atoms with Crippen LogP contribution in [0, 0.1) is 0 Å². The predicted octanol–water partition coefficient (Wildman–Crippen LogP) is 3.52. The molecule has 9 heteroatoms. The summed E-state index contributed by atoms with van der Waals surface area (Å²) in [7, 11) is -3.82. The van der Waals surface area contributed by atoms with Crippen LogP contribution in [0.3, 0.4) is 0 Å². The first-order valence-electron chi connectivity index (χ1n) is 8.51. The summed E-state index contributed by atoms with van der Waals surface area (Å²) in [5.74, 6) is 0.137. The van der Waals surface area contributed by atoms with Gasteiger partial charge in [0, 0.05) is 11.6 Å². The quantitative estimate of drug-likeness (QED) is 0.522. The van der Waals surface area contributed by atoms with Gasteiger partial charge in [0.25, 0.3) is 10.0 Å². The summed E-state index contributed by atoms with van der Waals surface area (Å²) in [4.78, 5) is 12.7. The Balaban J connectivity index is 1.60. The van der Waals surface area contributed by atoms with Crippen LogP contribution < -0.4 is 4.72 Å². The van der Waals surface area contributed by atoms with E-state index in [1.165, 1.54) is 36.2 Å². The highest BCUT2D eigenvalue weighted by atomic mass is 35.5. The standard InChI is InChI=1S/C19H16ClN5O2S/c20-15-6-8-16(9-7-15)28(26,27)24-18-17-19(22-12-21-18)25(13-23-17)11-10-14-4-2-1-3-5-14/h1-9,12-13H,10-11H2,(H,21,22,24). The molecule has 0 aliphatic rings. The van der Waals surface area contributed by atoms with Crippen molar-refractivity contribution in [1.29, 1.82) is 0 Å². The molecule has 0 aliphatic carbocycles. The minimum absolute atomic E-state index is 0.0900. The molecule has 4 rings (SSSR count). The summed E-state index contributed by atoms with van der Waals surface area (Å²) in [6.45, 7) is 0.668. The minimum atomic E-state index is -3.82. The summed E-state index contributed by atoms with van der Waals surface area (Å²) in [6, 6.07) is 16.0. The third kappa shape index (κ3) is 3.83. The lowest BCUT2D eigenvalue weighted by Crippen LogP contribution is -2.14. The van der Waals surface area contributed by atoms with Crippen LogP contribution in [0.25, 0.3) is 11.2 Å². The first kappa shape index (κ1) is 18.4. The van der Waals surface area contributed by atoms with Crippen LogP contribution in [0.4, 0.5) is 5.82 Å². The molecule has 0 amide bonds. The molecule has 1 N–H and O–H groups in total. The van der Waals surface area contributed by atoms with E-state index in [4.69, 9.17) is 11.6 Å². The van der Waals surface area contributed by atoms with Crippen molar-refractivity contribution in [1.82, 2.24) is 19.5 Å². The molecule has 0 radical (unpaired) electrons. The molecule has 4 aromatic rings. The van der Waals surface area contributed by atoms with E-state index in [0.717, 1.165) is 6.42 Å². The van der Waals surface area contributed by atoms with Crippen LogP contribution in [0.15, 0.2) is 72.1 Å². The van der Waals surface area contributed by atoms with Gasteiger partial charge in [-0.15, -0.1) is 0 Å². The van der Waals surface area contributed by atoms with E-state index in [1.807, 2.05) is 22.8 Å². The fourth-order valence-electron chi connectivity index (χ4n) is 2.81. The van der Waals surface area contributed by atoms with Crippen LogP contribution in [0.1, 0.15) is 5.56 Å². The molecule has 0 unspecified atom stereocenters. The van der Waals surface area contributed by atoms with Gasteiger partial charge in [0.15, 0.2) is 17.0 Å². The molecular weight excluding hydrogens is 398 g/mol. The zero-order chi connectivity index (χ0) is 19.6. The second-order valence-electron chi connectivity index (χ2n) is 6.13. The number of anilines is 1. The van der Waals surface area contributed by atoms with Crippen molar-refractivity contribution in [3.05, 3.63) is 77.8 Å². The SMILES string of the molecule is O=S(=O)(Nc1ncnc2c1ncn2CCc1ccccc1)c1ccc(Cl)cc1. The zero-order valence-electron chi connectivity index (χ0n) is 14.7. The molecule has 0 aliphatic heterocycles. The smallest absolute Gasteiger partial charge is 0.263 e. The monoisotopic (exact) mass is 413 g/mol. The second-order valence-corrected chi connectivity index (χ2v) is 8.25. The highest BCUT2D eigenvalue weighted by Crippen LogP contribution is 2.22. The molecule has 142 valence electrons. The number of imidazole rings is 1. The third-order valence-corrected chi connectivity index (χ3v) is 5.85. The maximum absolute atomic E-state index is 12.6. The Hall–Kier alpha value is -2.97. The molecule has 2 aromatic carbocycles. The fourth-order valence-corrected chi connectivity index (χ4v) is 3.96. The van der Waals surface area contributed by atoms with Crippen LogP contribution in [-0.2, 0) is 23.0 Å². The van der Waals surface area contributed by atoms with E-state index in [2.05, 4.69) is 31.8 Å². The van der Waals surface area contributed by atoms with E-state index in [9.17, 15) is 8.42 Å². The number of rotatable bonds is 6. The van der Waals surface area contributed by atoms with Gasteiger partial charge in [0.2, 0.25) is 0 Å². The number of aryl methyl sites for hydroxylation is 2. The Morgan fingerprint density at radius 1 is 0.964 bits per heavy atom. The number of sulfonamides is 1.